The van der Waals surface area contributed by atoms with Gasteiger partial charge in [-0.2, -0.15) is 0 Å². The molecular formula is C37H27N3. The predicted octanol–water partition coefficient (Wildman–Crippen LogP) is 9.37. The van der Waals surface area contributed by atoms with Crippen molar-refractivity contribution in [3.63, 3.8) is 0 Å². The Balaban J connectivity index is 1.39. The van der Waals surface area contributed by atoms with Crippen LogP contribution in [0.5, 0.6) is 0 Å². The Hall–Kier alpha value is -5.02. The molecule has 1 aliphatic carbocycles. The van der Waals surface area contributed by atoms with Crippen LogP contribution in [0.4, 0.5) is 0 Å². The third-order valence-corrected chi connectivity index (χ3v) is 8.23. The third-order valence-electron chi connectivity index (χ3n) is 8.23. The predicted molar refractivity (Wildman–Crippen MR) is 167 cm³/mol. The molecule has 0 fully saturated rings. The molecule has 40 heavy (non-hydrogen) atoms. The quantitative estimate of drug-likeness (QED) is 0.236. The van der Waals surface area contributed by atoms with Gasteiger partial charge in [-0.1, -0.05) is 123 Å². The minimum Gasteiger partial charge on any atom is -0.278 e. The number of benzene rings is 5. The van der Waals surface area contributed by atoms with Crippen molar-refractivity contribution < 1.29 is 0 Å². The molecule has 5 aromatic carbocycles. The molecule has 0 atom stereocenters. The highest BCUT2D eigenvalue weighted by atomic mass is 15.2. The fraction of sp³-hybridized carbons (Fsp3) is 0.0811. The summed E-state index contributed by atoms with van der Waals surface area (Å²) in [7, 11) is 0. The topological polar surface area (TPSA) is 30.7 Å². The van der Waals surface area contributed by atoms with E-state index >= 15 is 0 Å². The van der Waals surface area contributed by atoms with Gasteiger partial charge in [0.05, 0.1) is 22.4 Å². The molecule has 0 N–H and O–H groups in total. The van der Waals surface area contributed by atoms with Gasteiger partial charge < -0.3 is 0 Å². The molecule has 2 heterocycles. The summed E-state index contributed by atoms with van der Waals surface area (Å²) < 4.78 is 2.22. The van der Waals surface area contributed by atoms with Crippen LogP contribution in [0.3, 0.4) is 0 Å². The highest BCUT2D eigenvalue weighted by Crippen LogP contribution is 2.41. The molecule has 190 valence electrons. The van der Waals surface area contributed by atoms with Crippen LogP contribution in [0.25, 0.3) is 67.0 Å². The molecule has 3 heteroatoms. The Bertz CT molecular complexity index is 2090. The Kier molecular flexibility index (Phi) is 4.86. The summed E-state index contributed by atoms with van der Waals surface area (Å²) in [6.07, 6.45) is 4.45. The Morgan fingerprint density at radius 2 is 1.23 bits per heavy atom. The van der Waals surface area contributed by atoms with E-state index in [1.165, 1.54) is 32.7 Å². The van der Waals surface area contributed by atoms with Gasteiger partial charge in [0.2, 0.25) is 5.95 Å². The van der Waals surface area contributed by atoms with Crippen LogP contribution in [-0.4, -0.2) is 14.5 Å². The highest BCUT2D eigenvalue weighted by molar-refractivity contribution is 6.09. The van der Waals surface area contributed by atoms with E-state index in [-0.39, 0.29) is 5.41 Å². The first-order valence-corrected chi connectivity index (χ1v) is 13.8. The fourth-order valence-electron chi connectivity index (χ4n) is 6.25. The maximum atomic E-state index is 5.32. The van der Waals surface area contributed by atoms with E-state index in [1.807, 2.05) is 0 Å². The number of hydrogen-bond donors (Lipinski definition) is 0. The summed E-state index contributed by atoms with van der Waals surface area (Å²) in [6.45, 7) is 4.46. The molecule has 0 bridgehead atoms. The molecule has 0 saturated heterocycles. The van der Waals surface area contributed by atoms with Crippen molar-refractivity contribution in [1.29, 1.82) is 0 Å². The summed E-state index contributed by atoms with van der Waals surface area (Å²) >= 11 is 0. The van der Waals surface area contributed by atoms with Crippen LogP contribution in [-0.2, 0) is 5.41 Å². The Morgan fingerprint density at radius 1 is 0.600 bits per heavy atom. The average Bonchev–Trinajstić information content (AvgIpc) is 3.50. The van der Waals surface area contributed by atoms with Gasteiger partial charge in [-0.3, -0.25) is 4.57 Å². The molecule has 7 aromatic rings. The Labute approximate surface area is 233 Å². The number of aromatic nitrogens is 3. The first-order chi connectivity index (χ1) is 19.6. The van der Waals surface area contributed by atoms with Crippen LogP contribution in [0.15, 0.2) is 121 Å². The Morgan fingerprint density at radius 3 is 2.00 bits per heavy atom. The SMILES string of the molecule is CC1(C)C=Cc2c(-c3cccc(-c4cccc5ccccc45)c3)nc(-n3c4ccccc4c4ccccc43)nc21. The van der Waals surface area contributed by atoms with Crippen molar-refractivity contribution in [2.45, 2.75) is 19.3 Å². The number of para-hydroxylation sites is 2. The van der Waals surface area contributed by atoms with Gasteiger partial charge in [-0.25, -0.2) is 9.97 Å². The lowest BCUT2D eigenvalue weighted by atomic mass is 9.90. The van der Waals surface area contributed by atoms with Gasteiger partial charge in [-0.15, -0.1) is 0 Å². The van der Waals surface area contributed by atoms with Gasteiger partial charge >= 0.3 is 0 Å². The second-order valence-electron chi connectivity index (χ2n) is 11.2. The van der Waals surface area contributed by atoms with E-state index in [9.17, 15) is 0 Å². The minimum absolute atomic E-state index is 0.187. The zero-order valence-electron chi connectivity index (χ0n) is 22.5. The molecule has 0 spiro atoms. The number of rotatable bonds is 3. The number of hydrogen-bond acceptors (Lipinski definition) is 2. The molecule has 0 radical (unpaired) electrons. The summed E-state index contributed by atoms with van der Waals surface area (Å²) in [5.74, 6) is 0.707. The number of nitrogens with zero attached hydrogens (tertiary/aromatic N) is 3. The summed E-state index contributed by atoms with van der Waals surface area (Å²) in [5.41, 5.74) is 8.67. The van der Waals surface area contributed by atoms with Crippen molar-refractivity contribution in [1.82, 2.24) is 14.5 Å². The number of allylic oxidation sites excluding steroid dienone is 1. The van der Waals surface area contributed by atoms with Crippen LogP contribution in [0.1, 0.15) is 25.1 Å². The van der Waals surface area contributed by atoms with Gasteiger partial charge in [0.15, 0.2) is 0 Å². The molecule has 8 rings (SSSR count). The molecule has 0 aliphatic heterocycles. The van der Waals surface area contributed by atoms with E-state index in [4.69, 9.17) is 9.97 Å². The minimum atomic E-state index is -0.187. The second-order valence-corrected chi connectivity index (χ2v) is 11.2. The molecule has 0 amide bonds. The molecular weight excluding hydrogens is 486 g/mol. The molecule has 1 aliphatic rings. The zero-order valence-corrected chi connectivity index (χ0v) is 22.5. The first kappa shape index (κ1) is 22.9. The number of fused-ring (bicyclic) bond motifs is 5. The van der Waals surface area contributed by atoms with Gasteiger partial charge in [0.25, 0.3) is 0 Å². The van der Waals surface area contributed by atoms with E-state index in [2.05, 4.69) is 146 Å². The molecule has 3 nitrogen and oxygen atoms in total. The standard InChI is InChI=1S/C37H27N3/c1-37(2)22-21-31-34(26-14-9-13-25(23-26)28-18-10-12-24-11-3-4-15-27(24)28)38-36(39-35(31)37)40-32-19-7-5-16-29(32)30-17-6-8-20-33(30)40/h3-23H,1-2H3. The van der Waals surface area contributed by atoms with Crippen LogP contribution in [0, 0.1) is 0 Å². The van der Waals surface area contributed by atoms with Gasteiger partial charge in [-0.05, 0) is 40.1 Å². The van der Waals surface area contributed by atoms with Crippen molar-refractivity contribution in [2.24, 2.45) is 0 Å². The first-order valence-electron chi connectivity index (χ1n) is 13.8. The van der Waals surface area contributed by atoms with E-state index in [0.717, 1.165) is 33.5 Å². The lowest BCUT2D eigenvalue weighted by Crippen LogP contribution is -2.16. The largest absolute Gasteiger partial charge is 0.278 e. The van der Waals surface area contributed by atoms with E-state index in [0.29, 0.717) is 5.95 Å². The monoisotopic (exact) mass is 513 g/mol. The van der Waals surface area contributed by atoms with Crippen molar-refractivity contribution in [3.05, 3.63) is 133 Å². The summed E-state index contributed by atoms with van der Waals surface area (Å²) in [4.78, 5) is 10.6. The second kappa shape index (κ2) is 8.49. The van der Waals surface area contributed by atoms with E-state index < -0.39 is 0 Å². The maximum Gasteiger partial charge on any atom is 0.235 e. The van der Waals surface area contributed by atoms with E-state index in [1.54, 1.807) is 0 Å². The summed E-state index contributed by atoms with van der Waals surface area (Å²) in [6, 6.07) is 40.9. The third kappa shape index (κ3) is 3.37. The normalized spacial score (nSPS) is 13.8. The smallest absolute Gasteiger partial charge is 0.235 e. The highest BCUT2D eigenvalue weighted by Gasteiger charge is 2.31. The molecule has 0 saturated carbocycles. The van der Waals surface area contributed by atoms with Gasteiger partial charge in [0.1, 0.15) is 0 Å². The van der Waals surface area contributed by atoms with Crippen LogP contribution in [0.2, 0.25) is 0 Å². The van der Waals surface area contributed by atoms with Crippen molar-refractivity contribution >= 4 is 38.7 Å². The summed E-state index contributed by atoms with van der Waals surface area (Å²) in [5, 5.41) is 4.91. The lowest BCUT2D eigenvalue weighted by Gasteiger charge is -2.20. The van der Waals surface area contributed by atoms with Crippen LogP contribution >= 0.6 is 0 Å². The molecule has 2 aromatic heterocycles. The average molecular weight is 514 g/mol. The zero-order chi connectivity index (χ0) is 26.8. The molecule has 0 unspecified atom stereocenters. The van der Waals surface area contributed by atoms with Crippen molar-refractivity contribution in [2.75, 3.05) is 0 Å². The lowest BCUT2D eigenvalue weighted by molar-refractivity contribution is 0.651. The fourth-order valence-corrected chi connectivity index (χ4v) is 6.25. The van der Waals surface area contributed by atoms with Crippen LogP contribution < -0.4 is 0 Å². The van der Waals surface area contributed by atoms with Crippen molar-refractivity contribution in [3.8, 4) is 28.3 Å². The maximum absolute atomic E-state index is 5.32. The van der Waals surface area contributed by atoms with Gasteiger partial charge in [0, 0.05) is 27.3 Å².